The number of esters is 1. The first kappa shape index (κ1) is 15.2. The number of hydrogen-bond donors (Lipinski definition) is 0. The van der Waals surface area contributed by atoms with Crippen LogP contribution >= 0.6 is 11.3 Å². The Kier molecular flexibility index (Phi) is 4.08. The SMILES string of the molecule is Cc1c(COC(=O)c2ccc([N+](=O)[O-])cc2)sc2ccccc12. The maximum absolute atomic E-state index is 12.0. The molecular formula is C17H13NO4S. The zero-order chi connectivity index (χ0) is 16.4. The lowest BCUT2D eigenvalue weighted by Crippen LogP contribution is -2.05. The molecule has 116 valence electrons. The van der Waals surface area contributed by atoms with Crippen molar-refractivity contribution in [1.29, 1.82) is 0 Å². The molecule has 1 aromatic heterocycles. The van der Waals surface area contributed by atoms with Crippen molar-refractivity contribution in [2.45, 2.75) is 13.5 Å². The fourth-order valence-corrected chi connectivity index (χ4v) is 3.42. The van der Waals surface area contributed by atoms with Crippen LogP contribution < -0.4 is 0 Å². The lowest BCUT2D eigenvalue weighted by molar-refractivity contribution is -0.384. The van der Waals surface area contributed by atoms with Crippen LogP contribution in [0.1, 0.15) is 20.8 Å². The van der Waals surface area contributed by atoms with Gasteiger partial charge in [-0.25, -0.2) is 4.79 Å². The number of thiophene rings is 1. The van der Waals surface area contributed by atoms with E-state index in [1.54, 1.807) is 11.3 Å². The molecule has 0 amide bonds. The summed E-state index contributed by atoms with van der Waals surface area (Å²) in [4.78, 5) is 23.1. The van der Waals surface area contributed by atoms with Crippen molar-refractivity contribution in [3.05, 3.63) is 74.6 Å². The van der Waals surface area contributed by atoms with Gasteiger partial charge in [0.1, 0.15) is 6.61 Å². The molecule has 1 heterocycles. The van der Waals surface area contributed by atoms with Gasteiger partial charge < -0.3 is 4.74 Å². The Morgan fingerprint density at radius 1 is 1.17 bits per heavy atom. The average Bonchev–Trinajstić information content (AvgIpc) is 2.89. The summed E-state index contributed by atoms with van der Waals surface area (Å²) in [6.45, 7) is 2.20. The van der Waals surface area contributed by atoms with Gasteiger partial charge in [-0.1, -0.05) is 18.2 Å². The number of hydrogen-bond acceptors (Lipinski definition) is 5. The van der Waals surface area contributed by atoms with Crippen molar-refractivity contribution < 1.29 is 14.5 Å². The monoisotopic (exact) mass is 327 g/mol. The summed E-state index contributed by atoms with van der Waals surface area (Å²) in [7, 11) is 0. The molecule has 5 nitrogen and oxygen atoms in total. The molecule has 0 aliphatic heterocycles. The van der Waals surface area contributed by atoms with Crippen molar-refractivity contribution in [3.8, 4) is 0 Å². The third-order valence-corrected chi connectivity index (χ3v) is 4.84. The third kappa shape index (κ3) is 3.07. The quantitative estimate of drug-likeness (QED) is 0.402. The average molecular weight is 327 g/mol. The van der Waals surface area contributed by atoms with Gasteiger partial charge in [0.25, 0.3) is 5.69 Å². The highest BCUT2D eigenvalue weighted by Crippen LogP contribution is 2.31. The molecule has 0 saturated carbocycles. The van der Waals surface area contributed by atoms with E-state index in [1.807, 2.05) is 31.2 Å². The Morgan fingerprint density at radius 3 is 2.52 bits per heavy atom. The van der Waals surface area contributed by atoms with Gasteiger partial charge in [0.15, 0.2) is 0 Å². The van der Waals surface area contributed by atoms with E-state index in [0.717, 1.165) is 15.1 Å². The first-order valence-electron chi connectivity index (χ1n) is 6.95. The van der Waals surface area contributed by atoms with Crippen LogP contribution in [-0.2, 0) is 11.3 Å². The Bertz CT molecular complexity index is 883. The van der Waals surface area contributed by atoms with E-state index in [4.69, 9.17) is 4.74 Å². The Balaban J connectivity index is 1.72. The van der Waals surface area contributed by atoms with Crippen LogP contribution in [0.5, 0.6) is 0 Å². The van der Waals surface area contributed by atoms with Gasteiger partial charge in [0.05, 0.1) is 10.5 Å². The Hall–Kier alpha value is -2.73. The standard InChI is InChI=1S/C17H13NO4S/c1-11-14-4-2-3-5-15(14)23-16(11)10-22-17(19)12-6-8-13(9-7-12)18(20)21/h2-9H,10H2,1H3. The first-order valence-corrected chi connectivity index (χ1v) is 7.76. The second-order valence-electron chi connectivity index (χ2n) is 5.03. The van der Waals surface area contributed by atoms with Gasteiger partial charge in [0.2, 0.25) is 0 Å². The molecule has 0 fully saturated rings. The maximum Gasteiger partial charge on any atom is 0.338 e. The summed E-state index contributed by atoms with van der Waals surface area (Å²) in [6, 6.07) is 13.4. The van der Waals surface area contributed by atoms with Crippen LogP contribution in [0.2, 0.25) is 0 Å². The van der Waals surface area contributed by atoms with Gasteiger partial charge in [-0.3, -0.25) is 10.1 Å². The number of benzene rings is 2. The molecule has 0 aliphatic rings. The van der Waals surface area contributed by atoms with E-state index >= 15 is 0 Å². The fraction of sp³-hybridized carbons (Fsp3) is 0.118. The van der Waals surface area contributed by atoms with E-state index in [0.29, 0.717) is 5.56 Å². The molecule has 2 aromatic carbocycles. The van der Waals surface area contributed by atoms with Gasteiger partial charge >= 0.3 is 5.97 Å². The van der Waals surface area contributed by atoms with Crippen LogP contribution in [0, 0.1) is 17.0 Å². The summed E-state index contributed by atoms with van der Waals surface area (Å²) < 4.78 is 6.49. The fourth-order valence-electron chi connectivity index (χ4n) is 2.30. The van der Waals surface area contributed by atoms with E-state index < -0.39 is 10.9 Å². The highest BCUT2D eigenvalue weighted by Gasteiger charge is 2.13. The number of fused-ring (bicyclic) bond motifs is 1. The molecule has 6 heteroatoms. The minimum absolute atomic E-state index is 0.0538. The van der Waals surface area contributed by atoms with E-state index in [1.165, 1.54) is 29.7 Å². The predicted octanol–water partition coefficient (Wildman–Crippen LogP) is 4.47. The number of nitro benzene ring substituents is 1. The number of carbonyl (C=O) groups is 1. The number of carbonyl (C=O) groups excluding carboxylic acids is 1. The molecule has 23 heavy (non-hydrogen) atoms. The Labute approximate surface area is 136 Å². The first-order chi connectivity index (χ1) is 11.1. The largest absolute Gasteiger partial charge is 0.456 e. The van der Waals surface area contributed by atoms with Gasteiger partial charge in [-0.05, 0) is 36.1 Å². The lowest BCUT2D eigenvalue weighted by atomic mass is 10.1. The lowest BCUT2D eigenvalue weighted by Gasteiger charge is -2.04. The highest BCUT2D eigenvalue weighted by molar-refractivity contribution is 7.19. The zero-order valence-electron chi connectivity index (χ0n) is 12.3. The van der Waals surface area contributed by atoms with Crippen molar-refractivity contribution >= 4 is 33.1 Å². The van der Waals surface area contributed by atoms with Gasteiger partial charge in [-0.2, -0.15) is 0 Å². The Morgan fingerprint density at radius 2 is 1.87 bits per heavy atom. The summed E-state index contributed by atoms with van der Waals surface area (Å²) in [6.07, 6.45) is 0. The number of non-ortho nitro benzene ring substituents is 1. The van der Waals surface area contributed by atoms with E-state index in [9.17, 15) is 14.9 Å². The van der Waals surface area contributed by atoms with Crippen LogP contribution in [0.3, 0.4) is 0 Å². The molecule has 0 N–H and O–H groups in total. The molecule has 0 unspecified atom stereocenters. The van der Waals surface area contributed by atoms with Gasteiger partial charge in [-0.15, -0.1) is 11.3 Å². The predicted molar refractivity (Wildman–Crippen MR) is 88.8 cm³/mol. The van der Waals surface area contributed by atoms with Crippen molar-refractivity contribution in [3.63, 3.8) is 0 Å². The molecule has 0 radical (unpaired) electrons. The molecular weight excluding hydrogens is 314 g/mol. The van der Waals surface area contributed by atoms with Crippen LogP contribution in [-0.4, -0.2) is 10.9 Å². The number of nitrogens with zero attached hydrogens (tertiary/aromatic N) is 1. The van der Waals surface area contributed by atoms with Crippen LogP contribution in [0.25, 0.3) is 10.1 Å². The number of aryl methyl sites for hydroxylation is 1. The molecule has 0 atom stereocenters. The second kappa shape index (κ2) is 6.18. The minimum atomic E-state index is -0.504. The van der Waals surface area contributed by atoms with Gasteiger partial charge in [0, 0.05) is 21.7 Å². The molecule has 0 spiro atoms. The van der Waals surface area contributed by atoms with Crippen molar-refractivity contribution in [2.75, 3.05) is 0 Å². The molecule has 0 saturated heterocycles. The number of nitro groups is 1. The third-order valence-electron chi connectivity index (χ3n) is 3.59. The maximum atomic E-state index is 12.0. The molecule has 0 bridgehead atoms. The van der Waals surface area contributed by atoms with Crippen molar-refractivity contribution in [1.82, 2.24) is 0 Å². The smallest absolute Gasteiger partial charge is 0.338 e. The molecule has 3 rings (SSSR count). The summed E-state index contributed by atoms with van der Waals surface area (Å²) in [5.74, 6) is -0.489. The number of ether oxygens (including phenoxy) is 1. The van der Waals surface area contributed by atoms with Crippen molar-refractivity contribution in [2.24, 2.45) is 0 Å². The second-order valence-corrected chi connectivity index (χ2v) is 6.16. The summed E-state index contributed by atoms with van der Waals surface area (Å²) in [5.41, 5.74) is 1.36. The normalized spacial score (nSPS) is 10.7. The molecule has 3 aromatic rings. The van der Waals surface area contributed by atoms with Crippen LogP contribution in [0.4, 0.5) is 5.69 Å². The van der Waals surface area contributed by atoms with Crippen LogP contribution in [0.15, 0.2) is 48.5 Å². The highest BCUT2D eigenvalue weighted by atomic mass is 32.1. The van der Waals surface area contributed by atoms with E-state index in [-0.39, 0.29) is 12.3 Å². The summed E-state index contributed by atoms with van der Waals surface area (Å²) in [5, 5.41) is 11.8. The van der Waals surface area contributed by atoms with E-state index in [2.05, 4.69) is 0 Å². The molecule has 0 aliphatic carbocycles. The summed E-state index contributed by atoms with van der Waals surface area (Å²) >= 11 is 1.60. The minimum Gasteiger partial charge on any atom is -0.456 e. The zero-order valence-corrected chi connectivity index (χ0v) is 13.1. The topological polar surface area (TPSA) is 69.4 Å². The number of rotatable bonds is 4.